The first-order valence-electron chi connectivity index (χ1n) is 9.76. The lowest BCUT2D eigenvalue weighted by atomic mass is 10.1. The highest BCUT2D eigenvalue weighted by molar-refractivity contribution is 6.31. The van der Waals surface area contributed by atoms with E-state index in [1.165, 1.54) is 12.1 Å². The van der Waals surface area contributed by atoms with Crippen LogP contribution >= 0.6 is 11.6 Å². The maximum absolute atomic E-state index is 13.3. The van der Waals surface area contributed by atoms with Crippen molar-refractivity contribution in [2.24, 2.45) is 0 Å². The fourth-order valence-electron chi connectivity index (χ4n) is 3.42. The summed E-state index contributed by atoms with van der Waals surface area (Å²) in [5.41, 5.74) is 4.42. The quantitative estimate of drug-likeness (QED) is 0.469. The highest BCUT2D eigenvalue weighted by atomic mass is 35.5. The van der Waals surface area contributed by atoms with Crippen LogP contribution in [0.15, 0.2) is 60.9 Å². The fraction of sp³-hybridized carbons (Fsp3) is 0.174. The maximum Gasteiger partial charge on any atom is 0.255 e. The molecule has 2 heterocycles. The minimum atomic E-state index is -0.384. The summed E-state index contributed by atoms with van der Waals surface area (Å²) >= 11 is 6.15. The number of carbonyl (C=O) groups is 1. The number of carbonyl (C=O) groups excluding carboxylic acids is 1. The summed E-state index contributed by atoms with van der Waals surface area (Å²) in [5, 5.41) is 12.0. The number of hydrogen-bond donors (Lipinski definition) is 1. The second kappa shape index (κ2) is 8.73. The Hall–Kier alpha value is -3.45. The molecule has 0 aliphatic rings. The first-order chi connectivity index (χ1) is 14.9. The standard InChI is InChI=1S/C23H21ClFN5O/c1-15-22(16(2)30(28-15)14-19-7-8-20(25)12-21(19)24)27-23(31)18-6-3-5-17(11-18)13-29-10-4-9-26-29/h3-12H,13-14H2,1-2H3,(H,27,31). The lowest BCUT2D eigenvalue weighted by Gasteiger charge is -2.09. The van der Waals surface area contributed by atoms with E-state index in [9.17, 15) is 9.18 Å². The zero-order valence-electron chi connectivity index (χ0n) is 17.1. The molecule has 0 fully saturated rings. The lowest BCUT2D eigenvalue weighted by molar-refractivity contribution is 0.102. The Bertz CT molecular complexity index is 1230. The van der Waals surface area contributed by atoms with Crippen molar-refractivity contribution in [1.82, 2.24) is 19.6 Å². The molecule has 31 heavy (non-hydrogen) atoms. The average Bonchev–Trinajstić information content (AvgIpc) is 3.34. The van der Waals surface area contributed by atoms with Gasteiger partial charge >= 0.3 is 0 Å². The van der Waals surface area contributed by atoms with Gasteiger partial charge in [0.1, 0.15) is 5.82 Å². The Morgan fingerprint density at radius 2 is 1.97 bits per heavy atom. The van der Waals surface area contributed by atoms with Crippen LogP contribution in [-0.4, -0.2) is 25.5 Å². The predicted octanol–water partition coefficient (Wildman–Crippen LogP) is 4.84. The van der Waals surface area contributed by atoms with E-state index in [2.05, 4.69) is 15.5 Å². The molecule has 0 radical (unpaired) electrons. The van der Waals surface area contributed by atoms with Gasteiger partial charge in [-0.15, -0.1) is 0 Å². The van der Waals surface area contributed by atoms with Gasteiger partial charge in [-0.25, -0.2) is 4.39 Å². The number of nitrogens with one attached hydrogen (secondary N) is 1. The van der Waals surface area contributed by atoms with Gasteiger partial charge in [0.25, 0.3) is 5.91 Å². The van der Waals surface area contributed by atoms with Crippen LogP contribution in [0.25, 0.3) is 0 Å². The summed E-state index contributed by atoms with van der Waals surface area (Å²) < 4.78 is 16.9. The van der Waals surface area contributed by atoms with E-state index in [1.54, 1.807) is 27.7 Å². The first-order valence-corrected chi connectivity index (χ1v) is 10.1. The predicted molar refractivity (Wildman–Crippen MR) is 118 cm³/mol. The third-order valence-electron chi connectivity index (χ3n) is 5.05. The highest BCUT2D eigenvalue weighted by Crippen LogP contribution is 2.24. The lowest BCUT2D eigenvalue weighted by Crippen LogP contribution is -2.14. The van der Waals surface area contributed by atoms with Crippen LogP contribution in [0.2, 0.25) is 5.02 Å². The van der Waals surface area contributed by atoms with Gasteiger partial charge < -0.3 is 5.32 Å². The Morgan fingerprint density at radius 3 is 2.71 bits per heavy atom. The van der Waals surface area contributed by atoms with Crippen molar-refractivity contribution in [1.29, 1.82) is 0 Å². The number of aryl methyl sites for hydroxylation is 1. The van der Waals surface area contributed by atoms with Gasteiger partial charge in [0.05, 0.1) is 30.2 Å². The second-order valence-corrected chi connectivity index (χ2v) is 7.70. The molecule has 0 spiro atoms. The SMILES string of the molecule is Cc1nn(Cc2ccc(F)cc2Cl)c(C)c1NC(=O)c1cccc(Cn2cccn2)c1. The molecule has 0 atom stereocenters. The van der Waals surface area contributed by atoms with E-state index in [0.717, 1.165) is 16.8 Å². The molecule has 0 aliphatic carbocycles. The van der Waals surface area contributed by atoms with Crippen LogP contribution in [0, 0.1) is 19.7 Å². The molecule has 0 saturated carbocycles. The third kappa shape index (κ3) is 4.67. The zero-order valence-corrected chi connectivity index (χ0v) is 17.9. The number of amides is 1. The van der Waals surface area contributed by atoms with Crippen molar-refractivity contribution in [3.05, 3.63) is 99.8 Å². The Labute approximate surface area is 184 Å². The molecular weight excluding hydrogens is 417 g/mol. The second-order valence-electron chi connectivity index (χ2n) is 7.30. The topological polar surface area (TPSA) is 64.7 Å². The van der Waals surface area contributed by atoms with E-state index in [0.29, 0.717) is 35.1 Å². The van der Waals surface area contributed by atoms with Crippen molar-refractivity contribution in [2.45, 2.75) is 26.9 Å². The summed E-state index contributed by atoms with van der Waals surface area (Å²) in [7, 11) is 0. The summed E-state index contributed by atoms with van der Waals surface area (Å²) in [4.78, 5) is 12.9. The van der Waals surface area contributed by atoms with Gasteiger partial charge in [-0.3, -0.25) is 14.2 Å². The smallest absolute Gasteiger partial charge is 0.255 e. The molecule has 4 rings (SSSR count). The summed E-state index contributed by atoms with van der Waals surface area (Å²) in [5.74, 6) is -0.599. The third-order valence-corrected chi connectivity index (χ3v) is 5.40. The fourth-order valence-corrected chi connectivity index (χ4v) is 3.65. The summed E-state index contributed by atoms with van der Waals surface area (Å²) in [6.07, 6.45) is 3.60. The number of rotatable bonds is 6. The monoisotopic (exact) mass is 437 g/mol. The van der Waals surface area contributed by atoms with Gasteiger partial charge in [0, 0.05) is 23.0 Å². The van der Waals surface area contributed by atoms with Gasteiger partial charge in [-0.1, -0.05) is 29.8 Å². The molecular formula is C23H21ClFN5O. The number of nitrogens with zero attached hydrogens (tertiary/aromatic N) is 4. The van der Waals surface area contributed by atoms with Crippen molar-refractivity contribution < 1.29 is 9.18 Å². The van der Waals surface area contributed by atoms with E-state index < -0.39 is 0 Å². The van der Waals surface area contributed by atoms with Gasteiger partial charge in [0.2, 0.25) is 0 Å². The van der Waals surface area contributed by atoms with Crippen LogP contribution in [0.3, 0.4) is 0 Å². The summed E-state index contributed by atoms with van der Waals surface area (Å²) in [6, 6.07) is 13.6. The van der Waals surface area contributed by atoms with Gasteiger partial charge in [-0.2, -0.15) is 10.2 Å². The van der Waals surface area contributed by atoms with Crippen LogP contribution in [-0.2, 0) is 13.1 Å². The highest BCUT2D eigenvalue weighted by Gasteiger charge is 2.16. The number of benzene rings is 2. The molecule has 0 saturated heterocycles. The van der Waals surface area contributed by atoms with Gasteiger partial charge in [0.15, 0.2) is 0 Å². The molecule has 2 aromatic heterocycles. The van der Waals surface area contributed by atoms with Crippen LogP contribution < -0.4 is 5.32 Å². The van der Waals surface area contributed by atoms with Crippen molar-refractivity contribution in [2.75, 3.05) is 5.32 Å². The van der Waals surface area contributed by atoms with Crippen molar-refractivity contribution in [3.63, 3.8) is 0 Å². The first kappa shape index (κ1) is 20.8. The number of hydrogen-bond acceptors (Lipinski definition) is 3. The van der Waals surface area contributed by atoms with Crippen LogP contribution in [0.1, 0.15) is 32.9 Å². The zero-order chi connectivity index (χ0) is 22.0. The Morgan fingerprint density at radius 1 is 1.13 bits per heavy atom. The molecule has 8 heteroatoms. The van der Waals surface area contributed by atoms with Crippen molar-refractivity contribution >= 4 is 23.2 Å². The maximum atomic E-state index is 13.3. The van der Waals surface area contributed by atoms with E-state index in [4.69, 9.17) is 11.6 Å². The number of halogens is 2. The van der Waals surface area contributed by atoms with E-state index in [1.807, 2.05) is 44.3 Å². The minimum Gasteiger partial charge on any atom is -0.319 e. The number of aromatic nitrogens is 4. The summed E-state index contributed by atoms with van der Waals surface area (Å²) in [6.45, 7) is 4.67. The molecule has 1 N–H and O–H groups in total. The molecule has 0 unspecified atom stereocenters. The minimum absolute atomic E-state index is 0.215. The molecule has 2 aromatic carbocycles. The van der Waals surface area contributed by atoms with E-state index >= 15 is 0 Å². The molecule has 0 bridgehead atoms. The normalized spacial score (nSPS) is 11.0. The molecule has 158 valence electrons. The average molecular weight is 438 g/mol. The Kier molecular flexibility index (Phi) is 5.86. The van der Waals surface area contributed by atoms with Crippen LogP contribution in [0.4, 0.5) is 10.1 Å². The van der Waals surface area contributed by atoms with Crippen LogP contribution in [0.5, 0.6) is 0 Å². The van der Waals surface area contributed by atoms with E-state index in [-0.39, 0.29) is 11.7 Å². The largest absolute Gasteiger partial charge is 0.319 e. The Balaban J connectivity index is 1.52. The molecule has 6 nitrogen and oxygen atoms in total. The number of anilines is 1. The van der Waals surface area contributed by atoms with Crippen molar-refractivity contribution in [3.8, 4) is 0 Å². The molecule has 4 aromatic rings. The molecule has 1 amide bonds. The van der Waals surface area contributed by atoms with Gasteiger partial charge in [-0.05, 0) is 55.3 Å². The molecule has 0 aliphatic heterocycles.